The molecule has 0 aromatic rings. The molecule has 0 aliphatic heterocycles. The molecule has 0 unspecified atom stereocenters. The van der Waals surface area contributed by atoms with Crippen molar-refractivity contribution in [3.8, 4) is 0 Å². The Morgan fingerprint density at radius 1 is 0.767 bits per heavy atom. The number of aliphatic hydroxyl groups excluding tert-OH is 1. The molecule has 5 fully saturated rings. The smallest absolute Gasteiger partial charge is 0.0594 e. The van der Waals surface area contributed by atoms with Gasteiger partial charge < -0.3 is 5.11 Å². The molecule has 0 amide bonds. The average Bonchev–Trinajstić information content (AvgIpc) is 3.03. The first kappa shape index (κ1) is 21.5. The second kappa shape index (κ2) is 6.61. The summed E-state index contributed by atoms with van der Waals surface area (Å²) in [6, 6.07) is 0. The maximum atomic E-state index is 10.8. The maximum absolute atomic E-state index is 10.8. The van der Waals surface area contributed by atoms with E-state index in [1.54, 1.807) is 0 Å². The molecular weight excluding hydrogens is 364 g/mol. The molecule has 0 saturated heterocycles. The largest absolute Gasteiger partial charge is 0.393 e. The van der Waals surface area contributed by atoms with Gasteiger partial charge in [0, 0.05) is 0 Å². The maximum Gasteiger partial charge on any atom is 0.0594 e. The van der Waals surface area contributed by atoms with E-state index < -0.39 is 0 Å². The Kier molecular flexibility index (Phi) is 4.75. The van der Waals surface area contributed by atoms with E-state index in [1.165, 1.54) is 63.4 Å². The van der Waals surface area contributed by atoms with Gasteiger partial charge in [-0.15, -0.1) is 0 Å². The van der Waals surface area contributed by atoms with Gasteiger partial charge in [-0.05, 0) is 128 Å². The average molecular weight is 413 g/mol. The van der Waals surface area contributed by atoms with E-state index in [1.807, 2.05) is 0 Å². The Labute approximate surface area is 186 Å². The highest BCUT2D eigenvalue weighted by Crippen LogP contribution is 2.73. The van der Waals surface area contributed by atoms with Gasteiger partial charge in [-0.3, -0.25) is 0 Å². The highest BCUT2D eigenvalue weighted by atomic mass is 16.3. The minimum absolute atomic E-state index is 0.0762. The van der Waals surface area contributed by atoms with Crippen molar-refractivity contribution in [3.63, 3.8) is 0 Å². The Morgan fingerprint density at radius 2 is 1.43 bits per heavy atom. The number of fused-ring (bicyclic) bond motifs is 7. The van der Waals surface area contributed by atoms with Crippen molar-refractivity contribution in [3.05, 3.63) is 12.2 Å². The van der Waals surface area contributed by atoms with E-state index in [-0.39, 0.29) is 11.5 Å². The summed E-state index contributed by atoms with van der Waals surface area (Å²) in [6.45, 7) is 19.5. The van der Waals surface area contributed by atoms with Crippen molar-refractivity contribution in [2.75, 3.05) is 0 Å². The summed E-state index contributed by atoms with van der Waals surface area (Å²) in [7, 11) is 0. The van der Waals surface area contributed by atoms with Crippen LogP contribution in [0.25, 0.3) is 0 Å². The molecule has 1 nitrogen and oxygen atoms in total. The molecule has 0 aromatic heterocycles. The second-order valence-electron chi connectivity index (χ2n) is 14.1. The van der Waals surface area contributed by atoms with Crippen molar-refractivity contribution in [1.29, 1.82) is 0 Å². The Hall–Kier alpha value is -0.300. The highest BCUT2D eigenvalue weighted by molar-refractivity contribution is 5.17. The van der Waals surface area contributed by atoms with E-state index in [4.69, 9.17) is 0 Å². The van der Waals surface area contributed by atoms with Gasteiger partial charge >= 0.3 is 0 Å². The summed E-state index contributed by atoms with van der Waals surface area (Å²) in [6.07, 6.45) is 13.5. The fourth-order valence-corrected chi connectivity index (χ4v) is 11.2. The monoisotopic (exact) mass is 412 g/mol. The summed E-state index contributed by atoms with van der Waals surface area (Å²) < 4.78 is 0. The van der Waals surface area contributed by atoms with Gasteiger partial charge in [0.05, 0.1) is 6.10 Å². The molecule has 0 heterocycles. The fourth-order valence-electron chi connectivity index (χ4n) is 11.2. The summed E-state index contributed by atoms with van der Waals surface area (Å²) in [5.74, 6) is 5.05. The Morgan fingerprint density at radius 3 is 2.13 bits per heavy atom. The predicted molar refractivity (Wildman–Crippen MR) is 126 cm³/mol. The van der Waals surface area contributed by atoms with Crippen molar-refractivity contribution < 1.29 is 5.11 Å². The van der Waals surface area contributed by atoms with E-state index in [9.17, 15) is 5.11 Å². The summed E-state index contributed by atoms with van der Waals surface area (Å²) in [5, 5.41) is 10.8. The zero-order chi connectivity index (χ0) is 21.7. The van der Waals surface area contributed by atoms with Crippen molar-refractivity contribution >= 4 is 0 Å². The Bertz CT molecular complexity index is 722. The molecule has 5 saturated carbocycles. The van der Waals surface area contributed by atoms with Gasteiger partial charge in [0.1, 0.15) is 0 Å². The van der Waals surface area contributed by atoms with Gasteiger partial charge in [0.2, 0.25) is 0 Å². The van der Waals surface area contributed by atoms with E-state index >= 15 is 0 Å². The van der Waals surface area contributed by atoms with Crippen LogP contribution in [0.4, 0.5) is 0 Å². The molecule has 0 bridgehead atoms. The molecule has 0 aromatic carbocycles. The third-order valence-corrected chi connectivity index (χ3v) is 12.6. The van der Waals surface area contributed by atoms with Gasteiger partial charge in [0.15, 0.2) is 0 Å². The van der Waals surface area contributed by atoms with E-state index in [0.29, 0.717) is 22.2 Å². The predicted octanol–water partition coefficient (Wildman–Crippen LogP) is 7.63. The first-order valence-corrected chi connectivity index (χ1v) is 13.3. The zero-order valence-electron chi connectivity index (χ0n) is 20.8. The number of rotatable bonds is 1. The SMILES string of the molecule is C=C(C)[C@@H]1CC[C@]2(C)CC[C@@H]3[C@H](CC[C@H]4[C@@]3(C)CC[C@H]3C(C)(C)[C@H](O)CC[C@]43C)[C@@H]12. The minimum atomic E-state index is -0.110. The van der Waals surface area contributed by atoms with Crippen LogP contribution in [0.3, 0.4) is 0 Å². The van der Waals surface area contributed by atoms with Crippen LogP contribution in [-0.2, 0) is 0 Å². The summed E-state index contributed by atoms with van der Waals surface area (Å²) in [5.41, 5.74) is 3.05. The number of allylic oxidation sites excluding steroid dienone is 1. The van der Waals surface area contributed by atoms with Crippen molar-refractivity contribution in [1.82, 2.24) is 0 Å². The third-order valence-electron chi connectivity index (χ3n) is 12.6. The number of aliphatic hydroxyl groups is 1. The fraction of sp³-hybridized carbons (Fsp3) is 0.931. The molecule has 30 heavy (non-hydrogen) atoms. The quantitative estimate of drug-likeness (QED) is 0.439. The Balaban J connectivity index is 1.49. The molecule has 0 radical (unpaired) electrons. The van der Waals surface area contributed by atoms with Gasteiger partial charge in [0.25, 0.3) is 0 Å². The lowest BCUT2D eigenvalue weighted by atomic mass is 9.36. The lowest BCUT2D eigenvalue weighted by Gasteiger charge is -2.69. The molecule has 1 N–H and O–H groups in total. The number of hydrogen-bond donors (Lipinski definition) is 1. The topological polar surface area (TPSA) is 20.2 Å². The molecule has 170 valence electrons. The zero-order valence-corrected chi connectivity index (χ0v) is 20.8. The van der Waals surface area contributed by atoms with Gasteiger partial charge in [-0.25, -0.2) is 0 Å². The van der Waals surface area contributed by atoms with Crippen molar-refractivity contribution in [2.24, 2.45) is 57.2 Å². The lowest BCUT2D eigenvalue weighted by molar-refractivity contribution is -0.215. The molecular formula is C29H48O. The molecule has 5 aliphatic rings. The molecule has 1 heteroatoms. The minimum Gasteiger partial charge on any atom is -0.393 e. The van der Waals surface area contributed by atoms with E-state index in [2.05, 4.69) is 48.1 Å². The molecule has 10 atom stereocenters. The molecule has 0 spiro atoms. The molecule has 5 rings (SSSR count). The van der Waals surface area contributed by atoms with Crippen LogP contribution in [-0.4, -0.2) is 11.2 Å². The number of hydrogen-bond acceptors (Lipinski definition) is 1. The van der Waals surface area contributed by atoms with Crippen LogP contribution in [0.2, 0.25) is 0 Å². The van der Waals surface area contributed by atoms with Crippen LogP contribution < -0.4 is 0 Å². The van der Waals surface area contributed by atoms with Crippen LogP contribution >= 0.6 is 0 Å². The normalized spacial score (nSPS) is 57.0. The van der Waals surface area contributed by atoms with Gasteiger partial charge in [-0.1, -0.05) is 46.8 Å². The van der Waals surface area contributed by atoms with Gasteiger partial charge in [-0.2, -0.15) is 0 Å². The summed E-state index contributed by atoms with van der Waals surface area (Å²) >= 11 is 0. The lowest BCUT2D eigenvalue weighted by Crippen LogP contribution is -2.63. The second-order valence-corrected chi connectivity index (χ2v) is 14.1. The highest BCUT2D eigenvalue weighted by Gasteiger charge is 2.66. The van der Waals surface area contributed by atoms with E-state index in [0.717, 1.165) is 36.0 Å². The summed E-state index contributed by atoms with van der Waals surface area (Å²) in [4.78, 5) is 0. The van der Waals surface area contributed by atoms with Crippen LogP contribution in [0, 0.1) is 57.2 Å². The standard InChI is InChI=1S/C29H48O/c1-18(2)19-10-14-27(5)15-11-21-20(25(19)27)8-9-23-28(21,6)16-12-22-26(3,4)24(30)13-17-29(22,23)7/h19-25,30H,1,8-17H2,2-7H3/t19-,20-,21+,22-,23-,24+,25+,27+,28-,29-/m0/s1. The van der Waals surface area contributed by atoms with Crippen molar-refractivity contribution in [2.45, 2.75) is 112 Å². The molecule has 5 aliphatic carbocycles. The van der Waals surface area contributed by atoms with Crippen LogP contribution in [0.15, 0.2) is 12.2 Å². The first-order valence-electron chi connectivity index (χ1n) is 13.3. The van der Waals surface area contributed by atoms with Crippen LogP contribution in [0.5, 0.6) is 0 Å². The third kappa shape index (κ3) is 2.63. The van der Waals surface area contributed by atoms with Crippen LogP contribution in [0.1, 0.15) is 106 Å². The first-order chi connectivity index (χ1) is 13.9.